The number of hydrogen-bond donors (Lipinski definition) is 3. The highest BCUT2D eigenvalue weighted by Crippen LogP contribution is 2.01. The van der Waals surface area contributed by atoms with E-state index in [2.05, 4.69) is 21.2 Å². The maximum absolute atomic E-state index is 11.2. The van der Waals surface area contributed by atoms with E-state index in [1.807, 2.05) is 0 Å². The highest BCUT2D eigenvalue weighted by molar-refractivity contribution is 9.09. The molecule has 1 amide bonds. The van der Waals surface area contributed by atoms with Gasteiger partial charge in [0.25, 0.3) is 0 Å². The van der Waals surface area contributed by atoms with Gasteiger partial charge in [-0.15, -0.1) is 0 Å². The maximum Gasteiger partial charge on any atom is 0.326 e. The Labute approximate surface area is 97.5 Å². The average Bonchev–Trinajstić information content (AvgIpc) is 2.16. The van der Waals surface area contributed by atoms with Crippen molar-refractivity contribution in [3.63, 3.8) is 0 Å². The first-order chi connectivity index (χ1) is 7.11. The molecule has 0 radical (unpaired) electrons. The SMILES string of the molecule is NCCCC[C@H](NC(=O)CCBr)C(=O)O. The Bertz CT molecular complexity index is 212. The van der Waals surface area contributed by atoms with E-state index in [1.165, 1.54) is 0 Å². The quantitative estimate of drug-likeness (QED) is 0.445. The topological polar surface area (TPSA) is 92.4 Å². The maximum atomic E-state index is 11.2. The summed E-state index contributed by atoms with van der Waals surface area (Å²) in [5, 5.41) is 11.8. The molecule has 0 aliphatic heterocycles. The van der Waals surface area contributed by atoms with Gasteiger partial charge in [0.05, 0.1) is 0 Å². The number of amides is 1. The number of hydrogen-bond acceptors (Lipinski definition) is 3. The van der Waals surface area contributed by atoms with E-state index in [1.54, 1.807) is 0 Å². The second-order valence-electron chi connectivity index (χ2n) is 3.18. The molecule has 0 saturated heterocycles. The summed E-state index contributed by atoms with van der Waals surface area (Å²) in [6.45, 7) is 0.543. The Morgan fingerprint density at radius 3 is 2.53 bits per heavy atom. The molecule has 15 heavy (non-hydrogen) atoms. The first kappa shape index (κ1) is 14.4. The van der Waals surface area contributed by atoms with Gasteiger partial charge in [-0.25, -0.2) is 4.79 Å². The number of carbonyl (C=O) groups excluding carboxylic acids is 1. The number of aliphatic carboxylic acids is 1. The molecule has 0 saturated carbocycles. The van der Waals surface area contributed by atoms with Crippen molar-refractivity contribution in [1.29, 1.82) is 0 Å². The van der Waals surface area contributed by atoms with Gasteiger partial charge in [-0.2, -0.15) is 0 Å². The minimum absolute atomic E-state index is 0.243. The molecular formula is C9H17BrN2O3. The number of unbranched alkanes of at least 4 members (excludes halogenated alkanes) is 1. The summed E-state index contributed by atoms with van der Waals surface area (Å²) in [5.41, 5.74) is 5.30. The van der Waals surface area contributed by atoms with Crippen molar-refractivity contribution in [2.24, 2.45) is 5.73 Å². The zero-order valence-corrected chi connectivity index (χ0v) is 10.1. The van der Waals surface area contributed by atoms with Crippen LogP contribution in [0.5, 0.6) is 0 Å². The van der Waals surface area contributed by atoms with E-state index in [0.29, 0.717) is 31.1 Å². The van der Waals surface area contributed by atoms with Crippen LogP contribution in [0.2, 0.25) is 0 Å². The lowest BCUT2D eigenvalue weighted by atomic mass is 10.1. The number of nitrogens with one attached hydrogen (secondary N) is 1. The van der Waals surface area contributed by atoms with Gasteiger partial charge in [-0.05, 0) is 25.8 Å². The molecule has 0 fully saturated rings. The number of halogens is 1. The van der Waals surface area contributed by atoms with E-state index in [4.69, 9.17) is 10.8 Å². The van der Waals surface area contributed by atoms with E-state index >= 15 is 0 Å². The summed E-state index contributed by atoms with van der Waals surface area (Å²) in [5.74, 6) is -1.23. The molecule has 0 aromatic carbocycles. The first-order valence-corrected chi connectivity index (χ1v) is 6.02. The molecule has 0 aromatic rings. The van der Waals surface area contributed by atoms with Gasteiger partial charge in [-0.1, -0.05) is 15.9 Å². The number of alkyl halides is 1. The fourth-order valence-corrected chi connectivity index (χ4v) is 1.46. The van der Waals surface area contributed by atoms with Gasteiger partial charge in [0, 0.05) is 11.8 Å². The Balaban J connectivity index is 3.93. The van der Waals surface area contributed by atoms with E-state index < -0.39 is 12.0 Å². The molecular weight excluding hydrogens is 264 g/mol. The average molecular weight is 281 g/mol. The molecule has 0 heterocycles. The largest absolute Gasteiger partial charge is 0.480 e. The molecule has 5 nitrogen and oxygen atoms in total. The summed E-state index contributed by atoms with van der Waals surface area (Å²) < 4.78 is 0. The fraction of sp³-hybridized carbons (Fsp3) is 0.778. The van der Waals surface area contributed by atoms with Gasteiger partial charge in [0.2, 0.25) is 5.91 Å². The van der Waals surface area contributed by atoms with E-state index in [9.17, 15) is 9.59 Å². The van der Waals surface area contributed by atoms with Gasteiger partial charge in [0.15, 0.2) is 0 Å². The molecule has 0 bridgehead atoms. The minimum atomic E-state index is -0.991. The number of nitrogens with two attached hydrogens (primary N) is 1. The summed E-state index contributed by atoms with van der Waals surface area (Å²) >= 11 is 3.12. The monoisotopic (exact) mass is 280 g/mol. The van der Waals surface area contributed by atoms with Crippen LogP contribution in [0.4, 0.5) is 0 Å². The summed E-state index contributed by atoms with van der Waals surface area (Å²) in [7, 11) is 0. The van der Waals surface area contributed by atoms with Crippen LogP contribution < -0.4 is 11.1 Å². The lowest BCUT2D eigenvalue weighted by molar-refractivity contribution is -0.142. The standard InChI is InChI=1S/C9H17BrN2O3/c10-5-4-8(13)12-7(9(14)15)3-1-2-6-11/h7H,1-6,11H2,(H,12,13)(H,14,15)/t7-/m0/s1. The van der Waals surface area contributed by atoms with Crippen LogP contribution in [0.3, 0.4) is 0 Å². The molecule has 6 heteroatoms. The Hall–Kier alpha value is -0.620. The van der Waals surface area contributed by atoms with Crippen molar-refractivity contribution >= 4 is 27.8 Å². The third-order valence-corrected chi connectivity index (χ3v) is 2.30. The highest BCUT2D eigenvalue weighted by Gasteiger charge is 2.18. The molecule has 1 atom stereocenters. The van der Waals surface area contributed by atoms with Gasteiger partial charge in [-0.3, -0.25) is 4.79 Å². The third-order valence-electron chi connectivity index (χ3n) is 1.90. The van der Waals surface area contributed by atoms with Crippen molar-refractivity contribution < 1.29 is 14.7 Å². The van der Waals surface area contributed by atoms with Crippen molar-refractivity contribution in [1.82, 2.24) is 5.32 Å². The lowest BCUT2D eigenvalue weighted by Crippen LogP contribution is -2.40. The molecule has 0 rings (SSSR count). The molecule has 0 aromatic heterocycles. The zero-order valence-electron chi connectivity index (χ0n) is 8.54. The van der Waals surface area contributed by atoms with Gasteiger partial charge in [0.1, 0.15) is 6.04 Å². The molecule has 4 N–H and O–H groups in total. The third kappa shape index (κ3) is 7.33. The lowest BCUT2D eigenvalue weighted by Gasteiger charge is -2.13. The molecule has 0 unspecified atom stereocenters. The number of carboxylic acids is 1. The van der Waals surface area contributed by atoms with Crippen LogP contribution in [0, 0.1) is 0 Å². The van der Waals surface area contributed by atoms with Crippen LogP contribution in [-0.2, 0) is 9.59 Å². The van der Waals surface area contributed by atoms with Crippen molar-refractivity contribution in [2.75, 3.05) is 11.9 Å². The Morgan fingerprint density at radius 1 is 1.40 bits per heavy atom. The van der Waals surface area contributed by atoms with Crippen molar-refractivity contribution in [3.8, 4) is 0 Å². The second-order valence-corrected chi connectivity index (χ2v) is 3.97. The molecule has 0 aliphatic rings. The van der Waals surface area contributed by atoms with Crippen LogP contribution in [0.25, 0.3) is 0 Å². The van der Waals surface area contributed by atoms with Crippen molar-refractivity contribution in [2.45, 2.75) is 31.7 Å². The van der Waals surface area contributed by atoms with Gasteiger partial charge >= 0.3 is 5.97 Å². The second kappa shape index (κ2) is 8.67. The first-order valence-electron chi connectivity index (χ1n) is 4.90. The Kier molecular flexibility index (Phi) is 8.31. The molecule has 0 spiro atoms. The normalized spacial score (nSPS) is 12.1. The summed E-state index contributed by atoms with van der Waals surface area (Å²) in [4.78, 5) is 21.9. The summed E-state index contributed by atoms with van der Waals surface area (Å²) in [6, 6.07) is -0.789. The predicted molar refractivity (Wildman–Crippen MR) is 60.9 cm³/mol. The zero-order chi connectivity index (χ0) is 11.7. The highest BCUT2D eigenvalue weighted by atomic mass is 79.9. The van der Waals surface area contributed by atoms with Crippen LogP contribution in [0.15, 0.2) is 0 Å². The fourth-order valence-electron chi connectivity index (χ4n) is 1.10. The van der Waals surface area contributed by atoms with Gasteiger partial charge < -0.3 is 16.2 Å². The molecule has 88 valence electrons. The van der Waals surface area contributed by atoms with Crippen LogP contribution in [0.1, 0.15) is 25.7 Å². The van der Waals surface area contributed by atoms with Crippen molar-refractivity contribution in [3.05, 3.63) is 0 Å². The minimum Gasteiger partial charge on any atom is -0.480 e. The number of rotatable bonds is 8. The number of carboxylic acid groups (broad SMARTS) is 1. The summed E-state index contributed by atoms with van der Waals surface area (Å²) in [6.07, 6.45) is 2.21. The number of carbonyl (C=O) groups is 2. The van der Waals surface area contributed by atoms with E-state index in [0.717, 1.165) is 6.42 Å². The predicted octanol–water partition coefficient (Wildman–Crippen LogP) is 0.470. The van der Waals surface area contributed by atoms with Crippen LogP contribution >= 0.6 is 15.9 Å². The van der Waals surface area contributed by atoms with E-state index in [-0.39, 0.29) is 5.91 Å². The van der Waals surface area contributed by atoms with Crippen LogP contribution in [-0.4, -0.2) is 34.9 Å². The molecule has 0 aliphatic carbocycles. The Morgan fingerprint density at radius 2 is 2.07 bits per heavy atom. The smallest absolute Gasteiger partial charge is 0.326 e.